The molecule has 1 aliphatic heterocycles. The van der Waals surface area contributed by atoms with Crippen LogP contribution >= 0.6 is 0 Å². The summed E-state index contributed by atoms with van der Waals surface area (Å²) in [6, 6.07) is 15.1. The first-order chi connectivity index (χ1) is 14.0. The van der Waals surface area contributed by atoms with Gasteiger partial charge in [0.15, 0.2) is 0 Å². The Labute approximate surface area is 171 Å². The third-order valence-electron chi connectivity index (χ3n) is 5.99. The fourth-order valence-electron chi connectivity index (χ4n) is 4.26. The van der Waals surface area contributed by atoms with Crippen LogP contribution in [0.15, 0.2) is 64.0 Å². The van der Waals surface area contributed by atoms with E-state index < -0.39 is 0 Å². The van der Waals surface area contributed by atoms with Crippen LogP contribution < -0.4 is 5.56 Å². The van der Waals surface area contributed by atoms with Gasteiger partial charge in [0.1, 0.15) is 11.5 Å². The third-order valence-corrected chi connectivity index (χ3v) is 5.99. The second-order valence-corrected chi connectivity index (χ2v) is 8.09. The molecule has 2 aromatic heterocycles. The minimum absolute atomic E-state index is 0.0654. The molecule has 152 valence electrons. The SMILES string of the molecule is Cc1cc(O)c([C@H](c2ccccc2)N2CCC(C)CC2)c(=O)n1Cc1ccco1. The topological polar surface area (TPSA) is 58.6 Å². The monoisotopic (exact) mass is 392 g/mol. The molecule has 1 N–H and O–H groups in total. The van der Waals surface area contributed by atoms with Crippen LogP contribution in [0.4, 0.5) is 0 Å². The van der Waals surface area contributed by atoms with Gasteiger partial charge in [0.05, 0.1) is 24.4 Å². The molecular formula is C24H28N2O3. The second kappa shape index (κ2) is 8.29. The fourth-order valence-corrected chi connectivity index (χ4v) is 4.26. The van der Waals surface area contributed by atoms with Crippen molar-refractivity contribution in [2.45, 2.75) is 39.3 Å². The number of likely N-dealkylation sites (tertiary alicyclic amines) is 1. The molecule has 4 rings (SSSR count). The van der Waals surface area contributed by atoms with E-state index in [1.54, 1.807) is 16.9 Å². The largest absolute Gasteiger partial charge is 0.507 e. The second-order valence-electron chi connectivity index (χ2n) is 8.09. The Bertz CT molecular complexity index is 1000. The number of aryl methyl sites for hydroxylation is 1. The van der Waals surface area contributed by atoms with Crippen LogP contribution in [-0.4, -0.2) is 27.7 Å². The number of rotatable bonds is 5. The molecule has 0 radical (unpaired) electrons. The molecule has 3 heterocycles. The highest BCUT2D eigenvalue weighted by Gasteiger charge is 2.31. The van der Waals surface area contributed by atoms with Gasteiger partial charge in [-0.15, -0.1) is 0 Å². The molecule has 1 fully saturated rings. The van der Waals surface area contributed by atoms with Gasteiger partial charge in [0.2, 0.25) is 0 Å². The number of pyridine rings is 1. The first kappa shape index (κ1) is 19.5. The average molecular weight is 392 g/mol. The normalized spacial score (nSPS) is 16.8. The van der Waals surface area contributed by atoms with Crippen LogP contribution in [0.1, 0.15) is 48.4 Å². The number of aromatic hydroxyl groups is 1. The minimum Gasteiger partial charge on any atom is -0.507 e. The molecule has 0 aliphatic carbocycles. The molecule has 5 heteroatoms. The number of furan rings is 1. The summed E-state index contributed by atoms with van der Waals surface area (Å²) in [5.41, 5.74) is 2.03. The lowest BCUT2D eigenvalue weighted by atomic mass is 9.92. The zero-order valence-electron chi connectivity index (χ0n) is 17.0. The Hall–Kier alpha value is -2.79. The number of piperidine rings is 1. The quantitative estimate of drug-likeness (QED) is 0.702. The van der Waals surface area contributed by atoms with Gasteiger partial charge in [0, 0.05) is 5.69 Å². The van der Waals surface area contributed by atoms with Crippen molar-refractivity contribution in [1.82, 2.24) is 9.47 Å². The summed E-state index contributed by atoms with van der Waals surface area (Å²) in [5, 5.41) is 10.9. The van der Waals surface area contributed by atoms with Crippen molar-refractivity contribution >= 4 is 0 Å². The molecule has 1 atom stereocenters. The Morgan fingerprint density at radius 3 is 2.52 bits per heavy atom. The summed E-state index contributed by atoms with van der Waals surface area (Å²) in [4.78, 5) is 15.9. The molecule has 0 bridgehead atoms. The molecule has 3 aromatic rings. The van der Waals surface area contributed by atoms with Crippen LogP contribution in [0.25, 0.3) is 0 Å². The molecule has 5 nitrogen and oxygen atoms in total. The third kappa shape index (κ3) is 4.01. The van der Waals surface area contributed by atoms with E-state index in [2.05, 4.69) is 11.8 Å². The summed E-state index contributed by atoms with van der Waals surface area (Å²) in [6.45, 7) is 6.28. The van der Waals surface area contributed by atoms with Gasteiger partial charge in [-0.2, -0.15) is 0 Å². The molecule has 0 unspecified atom stereocenters. The van der Waals surface area contributed by atoms with Crippen LogP contribution in [-0.2, 0) is 6.54 Å². The Morgan fingerprint density at radius 1 is 1.14 bits per heavy atom. The van der Waals surface area contributed by atoms with Crippen molar-refractivity contribution < 1.29 is 9.52 Å². The van der Waals surface area contributed by atoms with Crippen molar-refractivity contribution in [2.24, 2.45) is 5.92 Å². The Morgan fingerprint density at radius 2 is 1.86 bits per heavy atom. The van der Waals surface area contributed by atoms with Crippen molar-refractivity contribution in [3.8, 4) is 5.75 Å². The maximum Gasteiger partial charge on any atom is 0.260 e. The van der Waals surface area contributed by atoms with Crippen molar-refractivity contribution in [3.05, 3.63) is 87.7 Å². The lowest BCUT2D eigenvalue weighted by Crippen LogP contribution is -2.40. The predicted octanol–water partition coefficient (Wildman–Crippen LogP) is 4.32. The van der Waals surface area contributed by atoms with Gasteiger partial charge in [-0.1, -0.05) is 37.3 Å². The first-order valence-electron chi connectivity index (χ1n) is 10.3. The van der Waals surface area contributed by atoms with Crippen molar-refractivity contribution in [3.63, 3.8) is 0 Å². The van der Waals surface area contributed by atoms with E-state index in [1.807, 2.05) is 49.4 Å². The molecule has 1 aromatic carbocycles. The Balaban J connectivity index is 1.82. The number of hydrogen-bond acceptors (Lipinski definition) is 4. The van der Waals surface area contributed by atoms with E-state index in [0.29, 0.717) is 23.7 Å². The van der Waals surface area contributed by atoms with Crippen molar-refractivity contribution in [1.29, 1.82) is 0 Å². The molecule has 29 heavy (non-hydrogen) atoms. The van der Waals surface area contributed by atoms with Crippen LogP contribution in [0.3, 0.4) is 0 Å². The zero-order valence-corrected chi connectivity index (χ0v) is 17.0. The van der Waals surface area contributed by atoms with Gasteiger partial charge in [0.25, 0.3) is 5.56 Å². The smallest absolute Gasteiger partial charge is 0.260 e. The summed E-state index contributed by atoms with van der Waals surface area (Å²) in [5.74, 6) is 1.47. The van der Waals surface area contributed by atoms with Gasteiger partial charge < -0.3 is 14.1 Å². The number of benzene rings is 1. The first-order valence-corrected chi connectivity index (χ1v) is 10.3. The predicted molar refractivity (Wildman–Crippen MR) is 113 cm³/mol. The summed E-state index contributed by atoms with van der Waals surface area (Å²) < 4.78 is 7.15. The zero-order chi connectivity index (χ0) is 20.4. The van der Waals surface area contributed by atoms with E-state index in [-0.39, 0.29) is 17.4 Å². The number of nitrogens with zero attached hydrogens (tertiary/aromatic N) is 2. The summed E-state index contributed by atoms with van der Waals surface area (Å²) >= 11 is 0. The molecule has 0 saturated carbocycles. The highest BCUT2D eigenvalue weighted by atomic mass is 16.3. The van der Waals surface area contributed by atoms with Gasteiger partial charge in [-0.05, 0) is 62.5 Å². The standard InChI is InChI=1S/C24H28N2O3/c1-17-10-12-25(13-11-17)23(19-7-4-3-5-8-19)22-21(27)15-18(2)26(24(22)28)16-20-9-6-14-29-20/h3-9,14-15,17,23,27H,10-13,16H2,1-2H3/t23-/m0/s1. The highest BCUT2D eigenvalue weighted by Crippen LogP contribution is 2.35. The minimum atomic E-state index is -0.264. The summed E-state index contributed by atoms with van der Waals surface area (Å²) in [7, 11) is 0. The van der Waals surface area contributed by atoms with Gasteiger partial charge in [-0.25, -0.2) is 0 Å². The van der Waals surface area contributed by atoms with Gasteiger partial charge >= 0.3 is 0 Å². The maximum atomic E-state index is 13.6. The van der Waals surface area contributed by atoms with E-state index >= 15 is 0 Å². The van der Waals surface area contributed by atoms with E-state index in [1.165, 1.54) is 0 Å². The highest BCUT2D eigenvalue weighted by molar-refractivity contribution is 5.41. The molecule has 0 amide bonds. The van der Waals surface area contributed by atoms with Crippen LogP contribution in [0.2, 0.25) is 0 Å². The molecule has 1 saturated heterocycles. The number of aromatic nitrogens is 1. The van der Waals surface area contributed by atoms with E-state index in [0.717, 1.165) is 37.3 Å². The molecule has 1 aliphatic rings. The number of hydrogen-bond donors (Lipinski definition) is 1. The molecular weight excluding hydrogens is 364 g/mol. The van der Waals surface area contributed by atoms with E-state index in [9.17, 15) is 9.90 Å². The lowest BCUT2D eigenvalue weighted by molar-refractivity contribution is 0.154. The fraction of sp³-hybridized carbons (Fsp3) is 0.375. The maximum absolute atomic E-state index is 13.6. The van der Waals surface area contributed by atoms with E-state index in [4.69, 9.17) is 4.42 Å². The van der Waals surface area contributed by atoms with Crippen LogP contribution in [0, 0.1) is 12.8 Å². The van der Waals surface area contributed by atoms with Crippen molar-refractivity contribution in [2.75, 3.05) is 13.1 Å². The van der Waals surface area contributed by atoms with Gasteiger partial charge in [-0.3, -0.25) is 9.69 Å². The lowest BCUT2D eigenvalue weighted by Gasteiger charge is -2.37. The average Bonchev–Trinajstić information content (AvgIpc) is 3.23. The van der Waals surface area contributed by atoms with Crippen LogP contribution in [0.5, 0.6) is 5.75 Å². The Kier molecular flexibility index (Phi) is 5.58. The summed E-state index contributed by atoms with van der Waals surface area (Å²) in [6.07, 6.45) is 3.80. The molecule has 0 spiro atoms.